The van der Waals surface area contributed by atoms with Gasteiger partial charge in [0.05, 0.1) is 0 Å². The molecule has 0 amide bonds. The van der Waals surface area contributed by atoms with Gasteiger partial charge in [0.15, 0.2) is 0 Å². The minimum Gasteiger partial charge on any atom is -0.330 e. The fourth-order valence-electron chi connectivity index (χ4n) is 3.89. The van der Waals surface area contributed by atoms with Crippen molar-refractivity contribution in [3.63, 3.8) is 0 Å². The molecule has 18 heavy (non-hydrogen) atoms. The van der Waals surface area contributed by atoms with Gasteiger partial charge in [0.1, 0.15) is 6.04 Å². The van der Waals surface area contributed by atoms with E-state index in [1.807, 2.05) is 0 Å². The van der Waals surface area contributed by atoms with Crippen molar-refractivity contribution in [3.8, 4) is 0 Å². The van der Waals surface area contributed by atoms with Gasteiger partial charge in [0.25, 0.3) is 0 Å². The molecule has 2 nitrogen and oxygen atoms in total. The van der Waals surface area contributed by atoms with E-state index >= 15 is 0 Å². The Labute approximate surface area is 107 Å². The molecule has 4 unspecified atom stereocenters. The molecule has 5 heteroatoms. The topological polar surface area (TPSA) is 29.3 Å². The highest BCUT2D eigenvalue weighted by Crippen LogP contribution is 2.48. The van der Waals surface area contributed by atoms with Crippen LogP contribution in [0.5, 0.6) is 0 Å². The summed E-state index contributed by atoms with van der Waals surface area (Å²) in [4.78, 5) is 1.48. The second-order valence-corrected chi connectivity index (χ2v) is 6.01. The van der Waals surface area contributed by atoms with Gasteiger partial charge in [-0.05, 0) is 57.0 Å². The van der Waals surface area contributed by atoms with Crippen LogP contribution in [0.1, 0.15) is 32.1 Å². The molecule has 0 aromatic rings. The lowest BCUT2D eigenvalue weighted by Crippen LogP contribution is -2.47. The number of fused-ring (bicyclic) bond motifs is 2. The molecule has 2 bridgehead atoms. The van der Waals surface area contributed by atoms with Gasteiger partial charge >= 0.3 is 6.18 Å². The first kappa shape index (κ1) is 14.1. The van der Waals surface area contributed by atoms with Crippen LogP contribution < -0.4 is 5.73 Å². The van der Waals surface area contributed by atoms with Crippen molar-refractivity contribution < 1.29 is 13.2 Å². The number of nitrogens with two attached hydrogens (primary N) is 1. The Morgan fingerprint density at radius 3 is 2.44 bits per heavy atom. The first-order valence-electron chi connectivity index (χ1n) is 6.88. The van der Waals surface area contributed by atoms with Crippen LogP contribution in [0, 0.1) is 17.8 Å². The molecule has 106 valence electrons. The van der Waals surface area contributed by atoms with Gasteiger partial charge in [-0.2, -0.15) is 13.2 Å². The van der Waals surface area contributed by atoms with Gasteiger partial charge < -0.3 is 5.73 Å². The SMILES string of the molecule is CN(CC1CC2CCC1C2)C(CCN)C(F)(F)F. The molecular weight excluding hydrogens is 241 g/mol. The summed E-state index contributed by atoms with van der Waals surface area (Å²) in [5.41, 5.74) is 5.31. The summed E-state index contributed by atoms with van der Waals surface area (Å²) in [5, 5.41) is 0. The minimum atomic E-state index is -4.16. The Kier molecular flexibility index (Phi) is 4.22. The molecule has 0 radical (unpaired) electrons. The van der Waals surface area contributed by atoms with Crippen LogP contribution >= 0.6 is 0 Å². The van der Waals surface area contributed by atoms with Crippen molar-refractivity contribution in [2.24, 2.45) is 23.5 Å². The van der Waals surface area contributed by atoms with Crippen molar-refractivity contribution in [1.29, 1.82) is 0 Å². The molecule has 4 atom stereocenters. The highest BCUT2D eigenvalue weighted by molar-refractivity contribution is 4.92. The highest BCUT2D eigenvalue weighted by atomic mass is 19.4. The zero-order valence-electron chi connectivity index (χ0n) is 10.9. The smallest absolute Gasteiger partial charge is 0.330 e. The third-order valence-electron chi connectivity index (χ3n) is 4.76. The Bertz CT molecular complexity index is 280. The van der Waals surface area contributed by atoms with Gasteiger partial charge in [-0.1, -0.05) is 6.42 Å². The van der Waals surface area contributed by atoms with Crippen LogP contribution in [0.2, 0.25) is 0 Å². The molecule has 2 rings (SSSR count). The number of hydrogen-bond donors (Lipinski definition) is 1. The molecule has 2 aliphatic rings. The van der Waals surface area contributed by atoms with E-state index in [1.54, 1.807) is 7.05 Å². The normalized spacial score (nSPS) is 33.3. The number of alkyl halides is 3. The van der Waals surface area contributed by atoms with Gasteiger partial charge in [-0.15, -0.1) is 0 Å². The summed E-state index contributed by atoms with van der Waals surface area (Å²) in [6.45, 7) is 0.663. The van der Waals surface area contributed by atoms with E-state index in [9.17, 15) is 13.2 Å². The van der Waals surface area contributed by atoms with Gasteiger partial charge in [-0.25, -0.2) is 0 Å². The largest absolute Gasteiger partial charge is 0.404 e. The summed E-state index contributed by atoms with van der Waals surface area (Å²) in [6.07, 6.45) is 0.716. The molecule has 0 aliphatic heterocycles. The lowest BCUT2D eigenvalue weighted by atomic mass is 9.88. The fraction of sp³-hybridized carbons (Fsp3) is 1.00. The van der Waals surface area contributed by atoms with Crippen LogP contribution in [0.15, 0.2) is 0 Å². The number of hydrogen-bond acceptors (Lipinski definition) is 2. The Balaban J connectivity index is 1.91. The first-order chi connectivity index (χ1) is 8.41. The van der Waals surface area contributed by atoms with Crippen LogP contribution in [0.3, 0.4) is 0 Å². The molecular formula is C13H23F3N2. The average Bonchev–Trinajstić information content (AvgIpc) is 2.85. The highest BCUT2D eigenvalue weighted by Gasteiger charge is 2.45. The standard InChI is InChI=1S/C13H23F3N2/c1-18(12(4-5-17)13(14,15)16)8-11-7-9-2-3-10(11)6-9/h9-12H,2-8,17H2,1H3. The lowest BCUT2D eigenvalue weighted by Gasteiger charge is -2.33. The fourth-order valence-corrected chi connectivity index (χ4v) is 3.89. The van der Waals surface area contributed by atoms with Crippen molar-refractivity contribution in [3.05, 3.63) is 0 Å². The molecule has 2 N–H and O–H groups in total. The first-order valence-corrected chi connectivity index (χ1v) is 6.88. The number of halogens is 3. The summed E-state index contributed by atoms with van der Waals surface area (Å²) < 4.78 is 38.8. The van der Waals surface area contributed by atoms with Gasteiger partial charge in [0.2, 0.25) is 0 Å². The van der Waals surface area contributed by atoms with E-state index in [0.29, 0.717) is 18.4 Å². The van der Waals surface area contributed by atoms with Crippen LogP contribution in [0.25, 0.3) is 0 Å². The van der Waals surface area contributed by atoms with E-state index < -0.39 is 12.2 Å². The average molecular weight is 264 g/mol. The van der Waals surface area contributed by atoms with Crippen LogP contribution in [0.4, 0.5) is 13.2 Å². The van der Waals surface area contributed by atoms with Crippen LogP contribution in [-0.2, 0) is 0 Å². The molecule has 0 saturated heterocycles. The van der Waals surface area contributed by atoms with Crippen molar-refractivity contribution >= 4 is 0 Å². The maximum atomic E-state index is 12.9. The molecule has 0 heterocycles. The second kappa shape index (κ2) is 5.37. The van der Waals surface area contributed by atoms with Crippen molar-refractivity contribution in [2.45, 2.75) is 44.3 Å². The van der Waals surface area contributed by atoms with E-state index in [2.05, 4.69) is 0 Å². The molecule has 2 fully saturated rings. The van der Waals surface area contributed by atoms with Gasteiger partial charge in [0, 0.05) is 6.54 Å². The summed E-state index contributed by atoms with van der Waals surface area (Å²) in [6, 6.07) is -1.37. The van der Waals surface area contributed by atoms with Crippen molar-refractivity contribution in [2.75, 3.05) is 20.1 Å². The molecule has 0 spiro atoms. The molecule has 2 saturated carbocycles. The summed E-state index contributed by atoms with van der Waals surface area (Å²) >= 11 is 0. The van der Waals surface area contributed by atoms with Gasteiger partial charge in [-0.3, -0.25) is 4.90 Å². The van der Waals surface area contributed by atoms with E-state index in [0.717, 1.165) is 12.3 Å². The zero-order chi connectivity index (χ0) is 13.3. The lowest BCUT2D eigenvalue weighted by molar-refractivity contribution is -0.183. The van der Waals surface area contributed by atoms with Crippen molar-refractivity contribution in [1.82, 2.24) is 4.90 Å². The Morgan fingerprint density at radius 1 is 1.28 bits per heavy atom. The predicted octanol–water partition coefficient (Wildman–Crippen LogP) is 2.63. The maximum absolute atomic E-state index is 12.9. The zero-order valence-corrected chi connectivity index (χ0v) is 10.9. The predicted molar refractivity (Wildman–Crippen MR) is 65.1 cm³/mol. The quantitative estimate of drug-likeness (QED) is 0.827. The number of nitrogens with zero attached hydrogens (tertiary/aromatic N) is 1. The van der Waals surface area contributed by atoms with E-state index in [-0.39, 0.29) is 13.0 Å². The van der Waals surface area contributed by atoms with Crippen LogP contribution in [-0.4, -0.2) is 37.3 Å². The van der Waals surface area contributed by atoms with E-state index in [4.69, 9.17) is 5.73 Å². The molecule has 0 aromatic heterocycles. The Hall–Kier alpha value is -0.290. The monoisotopic (exact) mass is 264 g/mol. The minimum absolute atomic E-state index is 0.000809. The third-order valence-corrected chi connectivity index (χ3v) is 4.76. The Morgan fingerprint density at radius 2 is 2.00 bits per heavy atom. The maximum Gasteiger partial charge on any atom is 0.404 e. The summed E-state index contributed by atoms with van der Waals surface area (Å²) in [7, 11) is 1.60. The number of rotatable bonds is 5. The summed E-state index contributed by atoms with van der Waals surface area (Å²) in [5.74, 6) is 1.92. The molecule has 0 aromatic carbocycles. The molecule has 2 aliphatic carbocycles. The third kappa shape index (κ3) is 2.99. The second-order valence-electron chi connectivity index (χ2n) is 6.01. The van der Waals surface area contributed by atoms with E-state index in [1.165, 1.54) is 24.2 Å².